The van der Waals surface area contributed by atoms with Gasteiger partial charge in [-0.1, -0.05) is 6.07 Å². The van der Waals surface area contributed by atoms with Crippen molar-refractivity contribution in [3.8, 4) is 0 Å². The molecule has 1 saturated heterocycles. The SMILES string of the molecule is CN1CCN(c2ncccn2)CC1c1nnc2ccc(C(=O)NCc3cccs3)cn12. The number of pyridine rings is 1. The Bertz CT molecular complexity index is 1180. The van der Waals surface area contributed by atoms with E-state index in [1.165, 1.54) is 0 Å². The molecule has 158 valence electrons. The van der Waals surface area contributed by atoms with E-state index < -0.39 is 0 Å². The van der Waals surface area contributed by atoms with Crippen molar-refractivity contribution in [2.75, 3.05) is 31.6 Å². The van der Waals surface area contributed by atoms with Gasteiger partial charge in [0.15, 0.2) is 11.5 Å². The van der Waals surface area contributed by atoms with E-state index in [9.17, 15) is 4.79 Å². The molecule has 0 saturated carbocycles. The number of hydrogen-bond acceptors (Lipinski definition) is 8. The zero-order valence-corrected chi connectivity index (χ0v) is 17.9. The highest BCUT2D eigenvalue weighted by Gasteiger charge is 2.30. The lowest BCUT2D eigenvalue weighted by Gasteiger charge is -2.38. The van der Waals surface area contributed by atoms with E-state index in [4.69, 9.17) is 0 Å². The van der Waals surface area contributed by atoms with Crippen LogP contribution in [0.25, 0.3) is 5.65 Å². The third-order valence-corrected chi connectivity index (χ3v) is 6.35. The van der Waals surface area contributed by atoms with Crippen LogP contribution in [0.4, 0.5) is 5.95 Å². The van der Waals surface area contributed by atoms with Gasteiger partial charge in [0.05, 0.1) is 18.2 Å². The van der Waals surface area contributed by atoms with Gasteiger partial charge >= 0.3 is 0 Å². The van der Waals surface area contributed by atoms with Crippen LogP contribution in [0.5, 0.6) is 0 Å². The quantitative estimate of drug-likeness (QED) is 0.514. The zero-order chi connectivity index (χ0) is 21.2. The molecule has 1 fully saturated rings. The van der Waals surface area contributed by atoms with Gasteiger partial charge < -0.3 is 10.2 Å². The Labute approximate surface area is 183 Å². The predicted octanol–water partition coefficient (Wildman–Crippen LogP) is 2.00. The summed E-state index contributed by atoms with van der Waals surface area (Å²) in [6.45, 7) is 2.89. The molecular formula is C21H22N8OS. The lowest BCUT2D eigenvalue weighted by Crippen LogP contribution is -2.47. The lowest BCUT2D eigenvalue weighted by atomic mass is 10.1. The maximum absolute atomic E-state index is 12.7. The highest BCUT2D eigenvalue weighted by atomic mass is 32.1. The Morgan fingerprint density at radius 1 is 1.16 bits per heavy atom. The number of hydrogen-bond donors (Lipinski definition) is 1. The summed E-state index contributed by atoms with van der Waals surface area (Å²) in [5, 5.41) is 13.8. The highest BCUT2D eigenvalue weighted by Crippen LogP contribution is 2.25. The van der Waals surface area contributed by atoms with Crippen molar-refractivity contribution in [1.29, 1.82) is 0 Å². The Balaban J connectivity index is 1.40. The largest absolute Gasteiger partial charge is 0.347 e. The molecule has 0 radical (unpaired) electrons. The van der Waals surface area contributed by atoms with Crippen molar-refractivity contribution in [3.05, 3.63) is 70.6 Å². The van der Waals surface area contributed by atoms with Gasteiger partial charge in [0.2, 0.25) is 5.95 Å². The van der Waals surface area contributed by atoms with Gasteiger partial charge in [-0.25, -0.2) is 9.97 Å². The predicted molar refractivity (Wildman–Crippen MR) is 118 cm³/mol. The second kappa shape index (κ2) is 8.40. The van der Waals surface area contributed by atoms with Crippen LogP contribution in [0.2, 0.25) is 0 Å². The third-order valence-electron chi connectivity index (χ3n) is 5.48. The minimum absolute atomic E-state index is 0.00279. The van der Waals surface area contributed by atoms with Crippen molar-refractivity contribution >= 4 is 28.8 Å². The molecule has 1 aliphatic rings. The summed E-state index contributed by atoms with van der Waals surface area (Å²) in [4.78, 5) is 27.0. The van der Waals surface area contributed by atoms with Gasteiger partial charge in [-0.05, 0) is 36.7 Å². The van der Waals surface area contributed by atoms with Crippen LogP contribution in [-0.2, 0) is 6.54 Å². The molecule has 0 bridgehead atoms. The molecule has 5 heterocycles. The molecule has 9 nitrogen and oxygen atoms in total. The first-order valence-corrected chi connectivity index (χ1v) is 10.9. The normalized spacial score (nSPS) is 17.2. The van der Waals surface area contributed by atoms with Gasteiger partial charge in [0.25, 0.3) is 5.91 Å². The summed E-state index contributed by atoms with van der Waals surface area (Å²) in [6.07, 6.45) is 5.33. The fraction of sp³-hybridized carbons (Fsp3) is 0.286. The number of amides is 1. The van der Waals surface area contributed by atoms with E-state index in [2.05, 4.69) is 42.3 Å². The molecule has 4 aromatic rings. The minimum Gasteiger partial charge on any atom is -0.347 e. The number of thiophene rings is 1. The third kappa shape index (κ3) is 3.99. The lowest BCUT2D eigenvalue weighted by molar-refractivity contribution is 0.0951. The maximum Gasteiger partial charge on any atom is 0.253 e. The fourth-order valence-electron chi connectivity index (χ4n) is 3.74. The van der Waals surface area contributed by atoms with Crippen LogP contribution >= 0.6 is 11.3 Å². The fourth-order valence-corrected chi connectivity index (χ4v) is 4.39. The second-order valence-corrected chi connectivity index (χ2v) is 8.49. The molecule has 5 rings (SSSR count). The summed E-state index contributed by atoms with van der Waals surface area (Å²) in [7, 11) is 2.08. The molecule has 1 atom stereocenters. The molecule has 0 aromatic carbocycles. The van der Waals surface area contributed by atoms with Crippen LogP contribution in [0, 0.1) is 0 Å². The Hall–Kier alpha value is -3.37. The summed E-state index contributed by atoms with van der Waals surface area (Å²) in [5.74, 6) is 1.39. The molecular weight excluding hydrogens is 412 g/mol. The smallest absolute Gasteiger partial charge is 0.253 e. The van der Waals surface area contributed by atoms with Crippen LogP contribution in [0.15, 0.2) is 54.3 Å². The number of aromatic nitrogens is 5. The van der Waals surface area contributed by atoms with Crippen molar-refractivity contribution in [3.63, 3.8) is 0 Å². The number of piperazine rings is 1. The monoisotopic (exact) mass is 434 g/mol. The number of likely N-dealkylation sites (N-methyl/N-ethyl adjacent to an activating group) is 1. The van der Waals surface area contributed by atoms with Gasteiger partial charge in [-0.3, -0.25) is 14.1 Å². The Kier molecular flexibility index (Phi) is 5.31. The van der Waals surface area contributed by atoms with Crippen molar-refractivity contribution < 1.29 is 4.79 Å². The number of nitrogens with one attached hydrogen (secondary N) is 1. The van der Waals surface area contributed by atoms with Gasteiger partial charge in [0, 0.05) is 43.1 Å². The number of nitrogens with zero attached hydrogens (tertiary/aromatic N) is 7. The van der Waals surface area contributed by atoms with E-state index >= 15 is 0 Å². The molecule has 10 heteroatoms. The van der Waals surface area contributed by atoms with Crippen molar-refractivity contribution in [2.24, 2.45) is 0 Å². The average molecular weight is 435 g/mol. The van der Waals surface area contributed by atoms with Crippen molar-refractivity contribution in [1.82, 2.24) is 34.8 Å². The first-order valence-electron chi connectivity index (χ1n) is 10.1. The van der Waals surface area contributed by atoms with Crippen molar-refractivity contribution in [2.45, 2.75) is 12.6 Å². The number of fused-ring (bicyclic) bond motifs is 1. The number of carbonyl (C=O) groups is 1. The molecule has 1 amide bonds. The molecule has 1 aliphatic heterocycles. The molecule has 31 heavy (non-hydrogen) atoms. The van der Waals surface area contributed by atoms with E-state index in [1.807, 2.05) is 40.2 Å². The van der Waals surface area contributed by atoms with Crippen LogP contribution in [0.1, 0.15) is 27.1 Å². The topological polar surface area (TPSA) is 91.6 Å². The van der Waals surface area contributed by atoms with E-state index in [0.29, 0.717) is 30.2 Å². The second-order valence-electron chi connectivity index (χ2n) is 7.46. The molecule has 4 aromatic heterocycles. The van der Waals surface area contributed by atoms with Crippen LogP contribution < -0.4 is 10.2 Å². The van der Waals surface area contributed by atoms with Gasteiger partial charge in [0.1, 0.15) is 0 Å². The van der Waals surface area contributed by atoms with Crippen LogP contribution in [-0.4, -0.2) is 62.1 Å². The number of anilines is 1. The van der Waals surface area contributed by atoms with E-state index in [0.717, 1.165) is 23.8 Å². The Morgan fingerprint density at radius 2 is 2.03 bits per heavy atom. The summed E-state index contributed by atoms with van der Waals surface area (Å²) in [6, 6.07) is 9.41. The van der Waals surface area contributed by atoms with E-state index in [1.54, 1.807) is 29.8 Å². The summed E-state index contributed by atoms with van der Waals surface area (Å²) >= 11 is 1.62. The van der Waals surface area contributed by atoms with Crippen LogP contribution in [0.3, 0.4) is 0 Å². The molecule has 1 N–H and O–H groups in total. The molecule has 0 spiro atoms. The van der Waals surface area contributed by atoms with E-state index in [-0.39, 0.29) is 11.9 Å². The highest BCUT2D eigenvalue weighted by molar-refractivity contribution is 7.09. The first-order chi connectivity index (χ1) is 15.2. The minimum atomic E-state index is -0.119. The first kappa shape index (κ1) is 19.6. The van der Waals surface area contributed by atoms with Gasteiger partial charge in [-0.15, -0.1) is 21.5 Å². The standard InChI is InChI=1S/C21H22N8OS/c1-27-9-10-28(21-22-7-3-8-23-21)14-17(27)19-26-25-18-6-5-15(13-29(18)19)20(30)24-12-16-4-2-11-31-16/h2-8,11,13,17H,9-10,12,14H2,1H3,(H,24,30). The summed E-state index contributed by atoms with van der Waals surface area (Å²) in [5.41, 5.74) is 1.29. The maximum atomic E-state index is 12.7. The molecule has 0 aliphatic carbocycles. The number of carbonyl (C=O) groups excluding carboxylic acids is 1. The average Bonchev–Trinajstić information content (AvgIpc) is 3.48. The zero-order valence-electron chi connectivity index (χ0n) is 17.0. The molecule has 1 unspecified atom stereocenters. The number of rotatable bonds is 5. The Morgan fingerprint density at radius 3 is 2.84 bits per heavy atom. The summed E-state index contributed by atoms with van der Waals surface area (Å²) < 4.78 is 1.91. The van der Waals surface area contributed by atoms with Gasteiger partial charge in [-0.2, -0.15) is 0 Å².